The molecule has 1 rings (SSSR count). The zero-order valence-corrected chi connectivity index (χ0v) is 8.59. The zero-order valence-electron chi connectivity index (χ0n) is 7.77. The van der Waals surface area contributed by atoms with E-state index in [1.807, 2.05) is 0 Å². The number of carboxylic acid groups (broad SMARTS) is 1. The molecule has 82 valence electrons. The quantitative estimate of drug-likeness (QED) is 0.619. The van der Waals surface area contributed by atoms with Gasteiger partial charge in [-0.3, -0.25) is 4.79 Å². The first-order chi connectivity index (χ1) is 6.52. The van der Waals surface area contributed by atoms with Crippen LogP contribution in [-0.4, -0.2) is 55.7 Å². The number of carboxylic acids is 1. The molecule has 0 unspecified atom stereocenters. The van der Waals surface area contributed by atoms with E-state index in [4.69, 9.17) is 5.11 Å². The molecule has 14 heavy (non-hydrogen) atoms. The zero-order chi connectivity index (χ0) is 10.6. The van der Waals surface area contributed by atoms with Gasteiger partial charge in [-0.15, -0.1) is 0 Å². The van der Waals surface area contributed by atoms with Crippen molar-refractivity contribution >= 4 is 16.0 Å². The van der Waals surface area contributed by atoms with E-state index in [2.05, 4.69) is 5.32 Å². The number of nitrogens with one attached hydrogen (secondary N) is 1. The van der Waals surface area contributed by atoms with Gasteiger partial charge in [0.2, 0.25) is 10.0 Å². The molecule has 2 N–H and O–H groups in total. The molecule has 0 aromatic carbocycles. The second-order valence-electron chi connectivity index (χ2n) is 3.15. The molecule has 1 aliphatic heterocycles. The molecule has 0 spiro atoms. The number of hydrogen-bond donors (Lipinski definition) is 2. The number of nitrogens with zero attached hydrogens (tertiary/aromatic N) is 1. The van der Waals surface area contributed by atoms with Crippen LogP contribution in [0.1, 0.15) is 6.42 Å². The maximum atomic E-state index is 11.5. The number of aliphatic carboxylic acids is 1. The molecule has 0 aromatic heterocycles. The van der Waals surface area contributed by atoms with E-state index < -0.39 is 21.7 Å². The van der Waals surface area contributed by atoms with E-state index >= 15 is 0 Å². The summed E-state index contributed by atoms with van der Waals surface area (Å²) in [6.07, 6.45) is 0.721. The van der Waals surface area contributed by atoms with Crippen LogP contribution in [0, 0.1) is 0 Å². The summed E-state index contributed by atoms with van der Waals surface area (Å²) in [7, 11) is -3.61. The van der Waals surface area contributed by atoms with Gasteiger partial charge >= 0.3 is 5.97 Å². The summed E-state index contributed by atoms with van der Waals surface area (Å²) < 4.78 is 24.2. The van der Waals surface area contributed by atoms with Crippen molar-refractivity contribution in [1.82, 2.24) is 9.62 Å². The van der Waals surface area contributed by atoms with Crippen LogP contribution < -0.4 is 5.32 Å². The molecule has 1 fully saturated rings. The van der Waals surface area contributed by atoms with E-state index in [0.717, 1.165) is 13.0 Å². The molecule has 0 bridgehead atoms. The summed E-state index contributed by atoms with van der Waals surface area (Å²) in [6.45, 7) is 2.12. The molecule has 6 nitrogen and oxygen atoms in total. The average molecular weight is 222 g/mol. The summed E-state index contributed by atoms with van der Waals surface area (Å²) in [5.41, 5.74) is 0. The predicted molar refractivity (Wildman–Crippen MR) is 50.5 cm³/mol. The number of rotatable bonds is 3. The molecule has 0 aromatic rings. The van der Waals surface area contributed by atoms with Crippen LogP contribution in [0.15, 0.2) is 0 Å². The van der Waals surface area contributed by atoms with Crippen LogP contribution >= 0.6 is 0 Å². The molecule has 0 radical (unpaired) electrons. The minimum Gasteiger partial charge on any atom is -0.480 e. The Bertz CT molecular complexity index is 293. The van der Waals surface area contributed by atoms with Crippen molar-refractivity contribution in [3.05, 3.63) is 0 Å². The second-order valence-corrected chi connectivity index (χ2v) is 5.12. The standard InChI is InChI=1S/C7H14N2O4S/c10-7(11)6-14(12,13)9-4-1-2-8-3-5-9/h8H,1-6H2,(H,10,11). The van der Waals surface area contributed by atoms with Gasteiger partial charge in [0, 0.05) is 19.6 Å². The van der Waals surface area contributed by atoms with E-state index in [1.54, 1.807) is 0 Å². The summed E-state index contributed by atoms with van der Waals surface area (Å²) in [4.78, 5) is 10.3. The summed E-state index contributed by atoms with van der Waals surface area (Å²) >= 11 is 0. The van der Waals surface area contributed by atoms with Crippen molar-refractivity contribution in [1.29, 1.82) is 0 Å². The third kappa shape index (κ3) is 3.24. The van der Waals surface area contributed by atoms with Gasteiger partial charge in [-0.25, -0.2) is 12.7 Å². The minimum atomic E-state index is -3.61. The highest BCUT2D eigenvalue weighted by Gasteiger charge is 2.25. The Morgan fingerprint density at radius 3 is 2.71 bits per heavy atom. The Hall–Kier alpha value is -0.660. The first-order valence-electron chi connectivity index (χ1n) is 4.43. The summed E-state index contributed by atoms with van der Waals surface area (Å²) in [6, 6.07) is 0. The fourth-order valence-electron chi connectivity index (χ4n) is 1.35. The van der Waals surface area contributed by atoms with Crippen LogP contribution in [0.5, 0.6) is 0 Å². The maximum Gasteiger partial charge on any atom is 0.320 e. The normalized spacial score (nSPS) is 20.3. The smallest absolute Gasteiger partial charge is 0.320 e. The predicted octanol–water partition coefficient (Wildman–Crippen LogP) is -1.30. The molecular weight excluding hydrogens is 208 g/mol. The highest BCUT2D eigenvalue weighted by atomic mass is 32.2. The first-order valence-corrected chi connectivity index (χ1v) is 6.03. The topological polar surface area (TPSA) is 86.7 Å². The van der Waals surface area contributed by atoms with Crippen LogP contribution in [-0.2, 0) is 14.8 Å². The van der Waals surface area contributed by atoms with Gasteiger partial charge in [0.15, 0.2) is 5.75 Å². The molecule has 7 heteroatoms. The lowest BCUT2D eigenvalue weighted by atomic mass is 10.4. The van der Waals surface area contributed by atoms with Crippen molar-refractivity contribution in [2.75, 3.05) is 31.9 Å². The molecule has 1 saturated heterocycles. The van der Waals surface area contributed by atoms with Crippen molar-refractivity contribution in [2.24, 2.45) is 0 Å². The first kappa shape index (κ1) is 11.4. The Labute approximate surface area is 82.9 Å². The minimum absolute atomic E-state index is 0.357. The lowest BCUT2D eigenvalue weighted by Crippen LogP contribution is -2.37. The molecule has 0 amide bonds. The summed E-state index contributed by atoms with van der Waals surface area (Å²) in [5.74, 6) is -2.12. The maximum absolute atomic E-state index is 11.5. The monoisotopic (exact) mass is 222 g/mol. The van der Waals surface area contributed by atoms with Crippen molar-refractivity contribution in [2.45, 2.75) is 6.42 Å². The lowest BCUT2D eigenvalue weighted by molar-refractivity contribution is -0.134. The van der Waals surface area contributed by atoms with Gasteiger partial charge in [0.1, 0.15) is 0 Å². The number of carbonyl (C=O) groups is 1. The Kier molecular flexibility index (Phi) is 3.85. The van der Waals surface area contributed by atoms with E-state index in [-0.39, 0.29) is 0 Å². The SMILES string of the molecule is O=C(O)CS(=O)(=O)N1CCCNCC1. The van der Waals surface area contributed by atoms with Gasteiger partial charge in [-0.1, -0.05) is 0 Å². The fourth-order valence-corrected chi connectivity index (χ4v) is 2.62. The molecule has 0 aliphatic carbocycles. The highest BCUT2D eigenvalue weighted by molar-refractivity contribution is 7.89. The highest BCUT2D eigenvalue weighted by Crippen LogP contribution is 2.04. The third-order valence-corrected chi connectivity index (χ3v) is 3.76. The Morgan fingerprint density at radius 2 is 2.07 bits per heavy atom. The van der Waals surface area contributed by atoms with Crippen molar-refractivity contribution in [3.8, 4) is 0 Å². The second kappa shape index (κ2) is 4.72. The fraction of sp³-hybridized carbons (Fsp3) is 0.857. The van der Waals surface area contributed by atoms with Gasteiger partial charge in [-0.05, 0) is 13.0 Å². The molecule has 1 aliphatic rings. The third-order valence-electron chi connectivity index (χ3n) is 2.00. The Balaban J connectivity index is 2.64. The van der Waals surface area contributed by atoms with E-state index in [1.165, 1.54) is 4.31 Å². The van der Waals surface area contributed by atoms with Gasteiger partial charge in [0.25, 0.3) is 0 Å². The molecule has 0 saturated carbocycles. The molecule has 0 atom stereocenters. The van der Waals surface area contributed by atoms with Crippen LogP contribution in [0.3, 0.4) is 0 Å². The van der Waals surface area contributed by atoms with Crippen molar-refractivity contribution in [3.63, 3.8) is 0 Å². The van der Waals surface area contributed by atoms with Crippen molar-refractivity contribution < 1.29 is 18.3 Å². The number of sulfonamides is 1. The van der Waals surface area contributed by atoms with Gasteiger partial charge in [-0.2, -0.15) is 0 Å². The van der Waals surface area contributed by atoms with Crippen LogP contribution in [0.4, 0.5) is 0 Å². The average Bonchev–Trinajstić information content (AvgIpc) is 2.28. The van der Waals surface area contributed by atoms with Crippen LogP contribution in [0.2, 0.25) is 0 Å². The largest absolute Gasteiger partial charge is 0.480 e. The Morgan fingerprint density at radius 1 is 1.36 bits per heavy atom. The van der Waals surface area contributed by atoms with E-state index in [0.29, 0.717) is 19.6 Å². The lowest BCUT2D eigenvalue weighted by Gasteiger charge is -2.17. The summed E-state index contributed by atoms with van der Waals surface area (Å²) in [5, 5.41) is 11.5. The number of hydrogen-bond acceptors (Lipinski definition) is 4. The molecule has 1 heterocycles. The van der Waals surface area contributed by atoms with E-state index in [9.17, 15) is 13.2 Å². The van der Waals surface area contributed by atoms with Crippen LogP contribution in [0.25, 0.3) is 0 Å². The van der Waals surface area contributed by atoms with Gasteiger partial charge < -0.3 is 10.4 Å². The van der Waals surface area contributed by atoms with Gasteiger partial charge in [0.05, 0.1) is 0 Å². The molecular formula is C7H14N2O4S.